The van der Waals surface area contributed by atoms with Gasteiger partial charge in [-0.05, 0) is 25.8 Å². The highest BCUT2D eigenvalue weighted by Gasteiger charge is 2.27. The van der Waals surface area contributed by atoms with Crippen LogP contribution in [0.5, 0.6) is 0 Å². The molecule has 0 unspecified atom stereocenters. The van der Waals surface area contributed by atoms with E-state index in [1.807, 2.05) is 24.3 Å². The minimum atomic E-state index is -0.253. The number of anilines is 1. The zero-order valence-corrected chi connectivity index (χ0v) is 12.4. The van der Waals surface area contributed by atoms with Gasteiger partial charge >= 0.3 is 0 Å². The summed E-state index contributed by atoms with van der Waals surface area (Å²) in [7, 11) is 0. The second-order valence-electron chi connectivity index (χ2n) is 5.45. The van der Waals surface area contributed by atoms with Crippen LogP contribution in [-0.4, -0.2) is 9.97 Å². The van der Waals surface area contributed by atoms with E-state index < -0.39 is 0 Å². The second kappa shape index (κ2) is 6.01. The Morgan fingerprint density at radius 1 is 1.15 bits per heavy atom. The third-order valence-electron chi connectivity index (χ3n) is 3.49. The molecule has 0 aliphatic rings. The molecule has 4 heteroatoms. The Morgan fingerprint density at radius 3 is 2.45 bits per heavy atom. The minimum absolute atomic E-state index is 0.253. The van der Waals surface area contributed by atoms with Gasteiger partial charge in [-0.15, -0.1) is 0 Å². The molecule has 0 spiro atoms. The fourth-order valence-electron chi connectivity index (χ4n) is 2.22. The topological polar surface area (TPSA) is 63.8 Å². The molecule has 0 saturated carbocycles. The van der Waals surface area contributed by atoms with Gasteiger partial charge < -0.3 is 5.43 Å². The van der Waals surface area contributed by atoms with E-state index in [1.165, 1.54) is 5.56 Å². The van der Waals surface area contributed by atoms with Gasteiger partial charge in [0, 0.05) is 17.2 Å². The lowest BCUT2D eigenvalue weighted by Gasteiger charge is -2.24. The van der Waals surface area contributed by atoms with E-state index in [1.54, 1.807) is 0 Å². The average Bonchev–Trinajstić information content (AvgIpc) is 2.48. The van der Waals surface area contributed by atoms with Gasteiger partial charge in [0.1, 0.15) is 11.6 Å². The van der Waals surface area contributed by atoms with Crippen molar-refractivity contribution in [2.45, 2.75) is 39.0 Å². The first kappa shape index (κ1) is 14.5. The monoisotopic (exact) mass is 270 g/mol. The normalized spacial score (nSPS) is 11.4. The highest BCUT2D eigenvalue weighted by molar-refractivity contribution is 5.39. The van der Waals surface area contributed by atoms with Crippen LogP contribution in [0, 0.1) is 0 Å². The average molecular weight is 270 g/mol. The number of benzene rings is 1. The molecular formula is C16H22N4. The molecule has 0 aliphatic carbocycles. The van der Waals surface area contributed by atoms with Crippen LogP contribution in [0.2, 0.25) is 0 Å². The molecule has 0 saturated heterocycles. The summed E-state index contributed by atoms with van der Waals surface area (Å²) in [6, 6.07) is 12.2. The summed E-state index contributed by atoms with van der Waals surface area (Å²) in [6.45, 7) is 6.40. The summed E-state index contributed by atoms with van der Waals surface area (Å²) < 4.78 is 0. The molecular weight excluding hydrogens is 248 g/mol. The summed E-state index contributed by atoms with van der Waals surface area (Å²) in [5.41, 5.74) is 4.60. The lowest BCUT2D eigenvalue weighted by molar-refractivity contribution is 0.585. The van der Waals surface area contributed by atoms with Gasteiger partial charge in [-0.1, -0.05) is 43.7 Å². The molecule has 0 radical (unpaired) electrons. The van der Waals surface area contributed by atoms with E-state index in [-0.39, 0.29) is 5.41 Å². The summed E-state index contributed by atoms with van der Waals surface area (Å²) in [5, 5.41) is 0. The number of hydrazine groups is 1. The van der Waals surface area contributed by atoms with Gasteiger partial charge in [0.2, 0.25) is 0 Å². The van der Waals surface area contributed by atoms with Crippen molar-refractivity contribution in [3.05, 3.63) is 53.5 Å². The zero-order chi connectivity index (χ0) is 14.6. The molecule has 1 heterocycles. The minimum Gasteiger partial charge on any atom is -0.308 e. The van der Waals surface area contributed by atoms with Crippen LogP contribution in [-0.2, 0) is 11.8 Å². The lowest BCUT2D eigenvalue weighted by Crippen LogP contribution is -2.24. The van der Waals surface area contributed by atoms with Gasteiger partial charge in [0.05, 0.1) is 0 Å². The lowest BCUT2D eigenvalue weighted by atomic mass is 9.83. The van der Waals surface area contributed by atoms with Gasteiger partial charge in [-0.25, -0.2) is 15.8 Å². The Labute approximate surface area is 120 Å². The van der Waals surface area contributed by atoms with Crippen molar-refractivity contribution in [2.24, 2.45) is 5.84 Å². The van der Waals surface area contributed by atoms with E-state index in [9.17, 15) is 0 Å². The van der Waals surface area contributed by atoms with Crippen molar-refractivity contribution in [1.82, 2.24) is 9.97 Å². The molecule has 106 valence electrons. The fourth-order valence-corrected chi connectivity index (χ4v) is 2.22. The summed E-state index contributed by atoms with van der Waals surface area (Å²) in [5.74, 6) is 6.99. The molecule has 4 nitrogen and oxygen atoms in total. The van der Waals surface area contributed by atoms with Crippen LogP contribution in [0.1, 0.15) is 44.3 Å². The quantitative estimate of drug-likeness (QED) is 0.647. The summed E-state index contributed by atoms with van der Waals surface area (Å²) in [4.78, 5) is 9.25. The maximum absolute atomic E-state index is 5.53. The van der Waals surface area contributed by atoms with Crippen molar-refractivity contribution in [1.29, 1.82) is 0 Å². The molecule has 0 aliphatic heterocycles. The predicted octanol–water partition coefficient (Wildman–Crippen LogP) is 3.04. The van der Waals surface area contributed by atoms with Crippen LogP contribution in [0.25, 0.3) is 0 Å². The largest absolute Gasteiger partial charge is 0.308 e. The van der Waals surface area contributed by atoms with Crippen LogP contribution in [0.4, 0.5) is 5.82 Å². The van der Waals surface area contributed by atoms with Crippen LogP contribution >= 0.6 is 0 Å². The van der Waals surface area contributed by atoms with Crippen LogP contribution < -0.4 is 11.3 Å². The molecule has 3 N–H and O–H groups in total. The number of nitrogens with zero attached hydrogens (tertiary/aromatic N) is 2. The van der Waals surface area contributed by atoms with Gasteiger partial charge in [-0.2, -0.15) is 0 Å². The van der Waals surface area contributed by atoms with E-state index in [2.05, 4.69) is 43.3 Å². The summed E-state index contributed by atoms with van der Waals surface area (Å²) in [6.07, 6.45) is 1.97. The Kier molecular flexibility index (Phi) is 4.35. The van der Waals surface area contributed by atoms with E-state index in [4.69, 9.17) is 10.8 Å². The SMILES string of the molecule is CCCc1cc(NN)nc(C(C)(C)c2ccccc2)n1. The van der Waals surface area contributed by atoms with Gasteiger partial charge in [0.25, 0.3) is 0 Å². The molecule has 2 rings (SSSR count). The Hall–Kier alpha value is -1.94. The number of hydrogen-bond acceptors (Lipinski definition) is 4. The smallest absolute Gasteiger partial charge is 0.143 e. The molecule has 20 heavy (non-hydrogen) atoms. The Bertz CT molecular complexity index is 564. The molecule has 0 amide bonds. The maximum Gasteiger partial charge on any atom is 0.143 e. The predicted molar refractivity (Wildman–Crippen MR) is 82.4 cm³/mol. The number of hydrogen-bond donors (Lipinski definition) is 2. The third kappa shape index (κ3) is 2.96. The first-order chi connectivity index (χ1) is 9.57. The molecule has 1 aromatic heterocycles. The summed E-state index contributed by atoms with van der Waals surface area (Å²) >= 11 is 0. The first-order valence-electron chi connectivity index (χ1n) is 6.98. The standard InChI is InChI=1S/C16H22N4/c1-4-8-13-11-14(20-17)19-15(18-13)16(2,3)12-9-6-5-7-10-12/h5-7,9-11H,4,8,17H2,1-3H3,(H,18,19,20). The van der Waals surface area contributed by atoms with Crippen molar-refractivity contribution in [3.63, 3.8) is 0 Å². The second-order valence-corrected chi connectivity index (χ2v) is 5.45. The molecule has 0 fully saturated rings. The van der Waals surface area contributed by atoms with E-state index >= 15 is 0 Å². The fraction of sp³-hybridized carbons (Fsp3) is 0.375. The zero-order valence-electron chi connectivity index (χ0n) is 12.4. The number of nitrogen functional groups attached to an aromatic ring is 1. The Morgan fingerprint density at radius 2 is 1.85 bits per heavy atom. The molecule has 0 bridgehead atoms. The number of aromatic nitrogens is 2. The van der Waals surface area contributed by atoms with Crippen molar-refractivity contribution in [2.75, 3.05) is 5.43 Å². The molecule has 0 atom stereocenters. The van der Waals surface area contributed by atoms with E-state index in [0.717, 1.165) is 24.4 Å². The van der Waals surface area contributed by atoms with Gasteiger partial charge in [0.15, 0.2) is 0 Å². The van der Waals surface area contributed by atoms with Gasteiger partial charge in [-0.3, -0.25) is 0 Å². The Balaban J connectivity index is 2.47. The molecule has 1 aromatic carbocycles. The number of aryl methyl sites for hydroxylation is 1. The number of nitrogens with one attached hydrogen (secondary N) is 1. The molecule has 2 aromatic rings. The number of rotatable bonds is 5. The first-order valence-corrected chi connectivity index (χ1v) is 6.98. The third-order valence-corrected chi connectivity index (χ3v) is 3.49. The maximum atomic E-state index is 5.53. The van der Waals surface area contributed by atoms with Crippen LogP contribution in [0.15, 0.2) is 36.4 Å². The van der Waals surface area contributed by atoms with Crippen LogP contribution in [0.3, 0.4) is 0 Å². The van der Waals surface area contributed by atoms with Crippen molar-refractivity contribution >= 4 is 5.82 Å². The number of nitrogens with two attached hydrogens (primary N) is 1. The van der Waals surface area contributed by atoms with E-state index in [0.29, 0.717) is 5.82 Å². The van der Waals surface area contributed by atoms with Crippen molar-refractivity contribution in [3.8, 4) is 0 Å². The highest BCUT2D eigenvalue weighted by Crippen LogP contribution is 2.29. The van der Waals surface area contributed by atoms with Crippen molar-refractivity contribution < 1.29 is 0 Å². The highest BCUT2D eigenvalue weighted by atomic mass is 15.3.